The molecule has 0 heterocycles. The average molecular weight is 393 g/mol. The normalized spacial score (nSPS) is 11.7. The molecule has 0 bridgehead atoms. The minimum atomic E-state index is -3.35. The van der Waals surface area contributed by atoms with E-state index in [2.05, 4.69) is 21.2 Å². The van der Waals surface area contributed by atoms with Gasteiger partial charge in [0.2, 0.25) is 15.9 Å². The van der Waals surface area contributed by atoms with Crippen molar-refractivity contribution in [1.29, 1.82) is 0 Å². The van der Waals surface area contributed by atoms with E-state index in [4.69, 9.17) is 4.74 Å². The molecule has 124 valence electrons. The van der Waals surface area contributed by atoms with Gasteiger partial charge in [-0.05, 0) is 30.7 Å². The first-order valence-electron chi connectivity index (χ1n) is 6.74. The Balaban J connectivity index is 2.58. The van der Waals surface area contributed by atoms with Gasteiger partial charge in [-0.2, -0.15) is 4.31 Å². The van der Waals surface area contributed by atoms with E-state index < -0.39 is 10.0 Å². The van der Waals surface area contributed by atoms with Gasteiger partial charge < -0.3 is 10.1 Å². The quantitative estimate of drug-likeness (QED) is 0.733. The number of halogens is 1. The molecule has 1 N–H and O–H groups in total. The van der Waals surface area contributed by atoms with Crippen molar-refractivity contribution in [1.82, 2.24) is 4.31 Å². The maximum absolute atomic E-state index is 11.9. The van der Waals surface area contributed by atoms with Crippen LogP contribution in [-0.2, 0) is 19.6 Å². The summed E-state index contributed by atoms with van der Waals surface area (Å²) in [6, 6.07) is 5.49. The number of carbonyl (C=O) groups is 1. The molecule has 0 radical (unpaired) electrons. The minimum Gasteiger partial charge on any atom is -0.383 e. The maximum atomic E-state index is 11.9. The Kier molecular flexibility index (Phi) is 7.47. The van der Waals surface area contributed by atoms with Crippen LogP contribution in [-0.4, -0.2) is 51.7 Å². The summed E-state index contributed by atoms with van der Waals surface area (Å²) in [7, 11) is -1.85. The van der Waals surface area contributed by atoms with Crippen LogP contribution in [0.4, 0.5) is 5.69 Å². The number of amides is 1. The van der Waals surface area contributed by atoms with Gasteiger partial charge in [-0.1, -0.05) is 15.9 Å². The van der Waals surface area contributed by atoms with Gasteiger partial charge in [-0.15, -0.1) is 0 Å². The minimum absolute atomic E-state index is 0.0892. The fourth-order valence-electron chi connectivity index (χ4n) is 1.81. The zero-order chi connectivity index (χ0) is 16.8. The highest BCUT2D eigenvalue weighted by atomic mass is 79.9. The molecule has 1 aromatic carbocycles. The third kappa shape index (κ3) is 6.43. The number of ether oxygens (including phenoxy) is 1. The van der Waals surface area contributed by atoms with Gasteiger partial charge >= 0.3 is 0 Å². The number of carbonyl (C=O) groups excluding carboxylic acids is 1. The van der Waals surface area contributed by atoms with E-state index in [1.165, 1.54) is 11.4 Å². The van der Waals surface area contributed by atoms with Crippen LogP contribution in [0.2, 0.25) is 0 Å². The molecule has 0 aliphatic heterocycles. The molecular formula is C14H21BrN2O4S. The van der Waals surface area contributed by atoms with Crippen molar-refractivity contribution >= 4 is 37.5 Å². The summed E-state index contributed by atoms with van der Waals surface area (Å²) in [4.78, 5) is 11.9. The second kappa shape index (κ2) is 8.61. The van der Waals surface area contributed by atoms with Gasteiger partial charge in [0.25, 0.3) is 0 Å². The van der Waals surface area contributed by atoms with Gasteiger partial charge in [0, 0.05) is 36.8 Å². The number of sulfonamides is 1. The number of aryl methyl sites for hydroxylation is 1. The molecule has 1 aromatic rings. The van der Waals surface area contributed by atoms with Crippen LogP contribution in [0.15, 0.2) is 22.7 Å². The first-order valence-corrected chi connectivity index (χ1v) is 9.38. The number of methoxy groups -OCH3 is 1. The first kappa shape index (κ1) is 19.1. The van der Waals surface area contributed by atoms with Crippen molar-refractivity contribution in [3.05, 3.63) is 28.2 Å². The fraction of sp³-hybridized carbons (Fsp3) is 0.500. The maximum Gasteiger partial charge on any atom is 0.225 e. The molecule has 0 saturated heterocycles. The molecule has 0 spiro atoms. The smallest absolute Gasteiger partial charge is 0.225 e. The lowest BCUT2D eigenvalue weighted by Gasteiger charge is -2.19. The zero-order valence-corrected chi connectivity index (χ0v) is 15.3. The van der Waals surface area contributed by atoms with E-state index in [-0.39, 0.29) is 25.4 Å². The molecule has 1 amide bonds. The van der Waals surface area contributed by atoms with Crippen molar-refractivity contribution in [3.63, 3.8) is 0 Å². The summed E-state index contributed by atoms with van der Waals surface area (Å²) in [5.74, 6) is -0.229. The second-order valence-corrected chi connectivity index (χ2v) is 7.75. The van der Waals surface area contributed by atoms with Crippen molar-refractivity contribution in [3.8, 4) is 0 Å². The Morgan fingerprint density at radius 3 is 2.59 bits per heavy atom. The summed E-state index contributed by atoms with van der Waals surface area (Å²) in [6.45, 7) is 2.58. The number of hydrogen-bond donors (Lipinski definition) is 1. The molecule has 0 aliphatic rings. The fourth-order valence-corrected chi connectivity index (χ4v) is 2.88. The Labute approximate surface area is 140 Å². The van der Waals surface area contributed by atoms with Crippen molar-refractivity contribution in [2.45, 2.75) is 13.3 Å². The number of hydrogen-bond acceptors (Lipinski definition) is 4. The highest BCUT2D eigenvalue weighted by Crippen LogP contribution is 2.20. The Morgan fingerprint density at radius 1 is 1.36 bits per heavy atom. The Hall–Kier alpha value is -0.960. The Bertz CT molecular complexity index is 619. The van der Waals surface area contributed by atoms with Crippen LogP contribution in [0.25, 0.3) is 0 Å². The van der Waals surface area contributed by atoms with Crippen molar-refractivity contribution < 1.29 is 17.9 Å². The monoisotopic (exact) mass is 392 g/mol. The SMILES string of the molecule is COCCN(CCC(=O)Nc1ccc(Br)c(C)c1)S(C)(=O)=O. The van der Waals surface area contributed by atoms with Gasteiger partial charge in [-0.25, -0.2) is 8.42 Å². The molecular weight excluding hydrogens is 372 g/mol. The van der Waals surface area contributed by atoms with Crippen LogP contribution < -0.4 is 5.32 Å². The second-order valence-electron chi connectivity index (χ2n) is 4.92. The summed E-state index contributed by atoms with van der Waals surface area (Å²) >= 11 is 3.39. The third-order valence-electron chi connectivity index (χ3n) is 3.04. The summed E-state index contributed by atoms with van der Waals surface area (Å²) in [6.07, 6.45) is 1.21. The van der Waals surface area contributed by atoms with Crippen molar-refractivity contribution in [2.75, 3.05) is 38.4 Å². The van der Waals surface area contributed by atoms with Crippen LogP contribution in [0, 0.1) is 6.92 Å². The molecule has 0 aromatic heterocycles. The van der Waals surface area contributed by atoms with Gasteiger partial charge in [-0.3, -0.25) is 4.79 Å². The van der Waals surface area contributed by atoms with Crippen LogP contribution in [0.1, 0.15) is 12.0 Å². The lowest BCUT2D eigenvalue weighted by Crippen LogP contribution is -2.35. The van der Waals surface area contributed by atoms with E-state index in [1.54, 1.807) is 6.07 Å². The molecule has 22 heavy (non-hydrogen) atoms. The Morgan fingerprint density at radius 2 is 2.05 bits per heavy atom. The van der Waals surface area contributed by atoms with E-state index in [1.807, 2.05) is 19.1 Å². The molecule has 0 fully saturated rings. The average Bonchev–Trinajstić information content (AvgIpc) is 2.41. The number of anilines is 1. The predicted octanol–water partition coefficient (Wildman–Crippen LogP) is 1.99. The van der Waals surface area contributed by atoms with E-state index in [9.17, 15) is 13.2 Å². The first-order chi connectivity index (χ1) is 10.2. The number of nitrogens with zero attached hydrogens (tertiary/aromatic N) is 1. The van der Waals surface area contributed by atoms with E-state index in [0.29, 0.717) is 12.3 Å². The van der Waals surface area contributed by atoms with E-state index in [0.717, 1.165) is 16.3 Å². The highest BCUT2D eigenvalue weighted by molar-refractivity contribution is 9.10. The lowest BCUT2D eigenvalue weighted by molar-refractivity contribution is -0.116. The number of benzene rings is 1. The summed E-state index contributed by atoms with van der Waals surface area (Å²) < 4.78 is 30.3. The van der Waals surface area contributed by atoms with Crippen LogP contribution in [0.5, 0.6) is 0 Å². The highest BCUT2D eigenvalue weighted by Gasteiger charge is 2.17. The van der Waals surface area contributed by atoms with Crippen molar-refractivity contribution in [2.24, 2.45) is 0 Å². The van der Waals surface area contributed by atoms with E-state index >= 15 is 0 Å². The molecule has 0 atom stereocenters. The molecule has 8 heteroatoms. The molecule has 0 unspecified atom stereocenters. The third-order valence-corrected chi connectivity index (χ3v) is 5.24. The molecule has 6 nitrogen and oxygen atoms in total. The summed E-state index contributed by atoms with van der Waals surface area (Å²) in [5, 5.41) is 2.76. The van der Waals surface area contributed by atoms with Crippen LogP contribution in [0.3, 0.4) is 0 Å². The molecule has 1 rings (SSSR count). The molecule has 0 saturated carbocycles. The topological polar surface area (TPSA) is 75.7 Å². The lowest BCUT2D eigenvalue weighted by atomic mass is 10.2. The van der Waals surface area contributed by atoms with Crippen LogP contribution >= 0.6 is 15.9 Å². The zero-order valence-electron chi connectivity index (χ0n) is 12.9. The number of rotatable bonds is 8. The van der Waals surface area contributed by atoms with Gasteiger partial charge in [0.15, 0.2) is 0 Å². The largest absolute Gasteiger partial charge is 0.383 e. The number of nitrogens with one attached hydrogen (secondary N) is 1. The van der Waals surface area contributed by atoms with Gasteiger partial charge in [0.1, 0.15) is 0 Å². The van der Waals surface area contributed by atoms with Gasteiger partial charge in [0.05, 0.1) is 12.9 Å². The summed E-state index contributed by atoms with van der Waals surface area (Å²) in [5.41, 5.74) is 1.70. The predicted molar refractivity (Wildman–Crippen MR) is 90.4 cm³/mol. The molecule has 0 aliphatic carbocycles. The standard InChI is InChI=1S/C14H21BrN2O4S/c1-11-10-12(4-5-13(11)15)16-14(18)6-7-17(8-9-21-2)22(3,19)20/h4-5,10H,6-9H2,1-3H3,(H,16,18).